The van der Waals surface area contributed by atoms with E-state index in [9.17, 15) is 9.59 Å². The summed E-state index contributed by atoms with van der Waals surface area (Å²) < 4.78 is 5.27. The Bertz CT molecular complexity index is 512. The molecule has 1 aromatic carbocycles. The summed E-state index contributed by atoms with van der Waals surface area (Å²) in [5.41, 5.74) is 1.49. The van der Waals surface area contributed by atoms with Crippen LogP contribution >= 0.6 is 0 Å². The van der Waals surface area contributed by atoms with E-state index in [1.807, 2.05) is 6.07 Å². The van der Waals surface area contributed by atoms with Crippen molar-refractivity contribution in [3.05, 3.63) is 23.8 Å². The van der Waals surface area contributed by atoms with Crippen molar-refractivity contribution >= 4 is 17.5 Å². The van der Waals surface area contributed by atoms with Gasteiger partial charge in [-0.15, -0.1) is 0 Å². The number of rotatable bonds is 5. The molecule has 2 amide bonds. The predicted octanol–water partition coefficient (Wildman–Crippen LogP) is 1.72. The van der Waals surface area contributed by atoms with Gasteiger partial charge in [-0.2, -0.15) is 0 Å². The van der Waals surface area contributed by atoms with Gasteiger partial charge in [0, 0.05) is 6.54 Å². The Morgan fingerprint density at radius 3 is 3.00 bits per heavy atom. The summed E-state index contributed by atoms with van der Waals surface area (Å²) in [6.45, 7) is 4.99. The van der Waals surface area contributed by atoms with E-state index >= 15 is 0 Å². The number of carbonyl (C=O) groups excluding carboxylic acids is 2. The largest absolute Gasteiger partial charge is 0.482 e. The second-order valence-electron chi connectivity index (χ2n) is 5.38. The van der Waals surface area contributed by atoms with Gasteiger partial charge in [-0.1, -0.05) is 19.9 Å². The summed E-state index contributed by atoms with van der Waals surface area (Å²) in [5.74, 6) is 1.05. The summed E-state index contributed by atoms with van der Waals surface area (Å²) in [6, 6.07) is 5.41. The smallest absolute Gasteiger partial charge is 0.262 e. The fraction of sp³-hybridized carbons (Fsp3) is 0.467. The zero-order valence-electron chi connectivity index (χ0n) is 11.9. The standard InChI is InChI=1S/C15H20N2O3/c1-10(2)5-6-16-14(18)8-11-3-4-13-12(7-11)17-15(19)9-20-13/h3-4,7,10H,5-6,8-9H2,1-2H3,(H,16,18)(H,17,19). The number of hydrogen-bond donors (Lipinski definition) is 2. The van der Waals surface area contributed by atoms with E-state index in [4.69, 9.17) is 4.74 Å². The van der Waals surface area contributed by atoms with Crippen molar-refractivity contribution in [3.63, 3.8) is 0 Å². The Morgan fingerprint density at radius 2 is 2.25 bits per heavy atom. The van der Waals surface area contributed by atoms with Crippen molar-refractivity contribution in [1.29, 1.82) is 0 Å². The number of anilines is 1. The highest BCUT2D eigenvalue weighted by Crippen LogP contribution is 2.28. The molecule has 1 aliphatic heterocycles. The van der Waals surface area contributed by atoms with Crippen molar-refractivity contribution in [2.24, 2.45) is 5.92 Å². The van der Waals surface area contributed by atoms with Crippen LogP contribution in [0.4, 0.5) is 5.69 Å². The van der Waals surface area contributed by atoms with Gasteiger partial charge in [0.25, 0.3) is 5.91 Å². The quantitative estimate of drug-likeness (QED) is 0.860. The minimum atomic E-state index is -0.170. The number of amides is 2. The zero-order chi connectivity index (χ0) is 14.5. The van der Waals surface area contributed by atoms with Gasteiger partial charge in [-0.3, -0.25) is 9.59 Å². The lowest BCUT2D eigenvalue weighted by Gasteiger charge is -2.18. The van der Waals surface area contributed by atoms with Crippen molar-refractivity contribution in [2.75, 3.05) is 18.5 Å². The third-order valence-electron chi connectivity index (χ3n) is 3.09. The topological polar surface area (TPSA) is 67.4 Å². The second kappa shape index (κ2) is 6.41. The van der Waals surface area contributed by atoms with Gasteiger partial charge in [-0.05, 0) is 30.0 Å². The van der Waals surface area contributed by atoms with Gasteiger partial charge in [0.1, 0.15) is 5.75 Å². The van der Waals surface area contributed by atoms with Gasteiger partial charge in [0.05, 0.1) is 12.1 Å². The molecule has 1 heterocycles. The van der Waals surface area contributed by atoms with Crippen LogP contribution in [0.2, 0.25) is 0 Å². The van der Waals surface area contributed by atoms with Crippen LogP contribution in [0.5, 0.6) is 5.75 Å². The Balaban J connectivity index is 1.91. The van der Waals surface area contributed by atoms with Crippen molar-refractivity contribution in [3.8, 4) is 5.75 Å². The van der Waals surface area contributed by atoms with E-state index in [0.717, 1.165) is 12.0 Å². The van der Waals surface area contributed by atoms with E-state index in [2.05, 4.69) is 24.5 Å². The van der Waals surface area contributed by atoms with Crippen LogP contribution in [0, 0.1) is 5.92 Å². The average Bonchev–Trinajstić information content (AvgIpc) is 2.37. The van der Waals surface area contributed by atoms with Crippen LogP contribution in [0.25, 0.3) is 0 Å². The monoisotopic (exact) mass is 276 g/mol. The summed E-state index contributed by atoms with van der Waals surface area (Å²) in [5, 5.41) is 5.63. The van der Waals surface area contributed by atoms with E-state index in [0.29, 0.717) is 30.3 Å². The van der Waals surface area contributed by atoms with Gasteiger partial charge in [0.2, 0.25) is 5.91 Å². The minimum Gasteiger partial charge on any atom is -0.482 e. The first-order chi connectivity index (χ1) is 9.54. The van der Waals surface area contributed by atoms with Gasteiger partial charge in [-0.25, -0.2) is 0 Å². The van der Waals surface area contributed by atoms with E-state index in [1.165, 1.54) is 0 Å². The maximum absolute atomic E-state index is 11.8. The Hall–Kier alpha value is -2.04. The highest BCUT2D eigenvalue weighted by atomic mass is 16.5. The third kappa shape index (κ3) is 3.98. The summed E-state index contributed by atoms with van der Waals surface area (Å²) in [7, 11) is 0. The molecular formula is C15H20N2O3. The van der Waals surface area contributed by atoms with Crippen LogP contribution in [0.15, 0.2) is 18.2 Å². The molecule has 5 heteroatoms. The minimum absolute atomic E-state index is 0.00588. The van der Waals surface area contributed by atoms with Crippen molar-refractivity contribution in [2.45, 2.75) is 26.7 Å². The lowest BCUT2D eigenvalue weighted by atomic mass is 10.1. The fourth-order valence-corrected chi connectivity index (χ4v) is 1.99. The van der Waals surface area contributed by atoms with Gasteiger partial charge in [0.15, 0.2) is 6.61 Å². The predicted molar refractivity (Wildman–Crippen MR) is 76.7 cm³/mol. The number of benzene rings is 1. The molecule has 0 saturated heterocycles. The SMILES string of the molecule is CC(C)CCNC(=O)Cc1ccc2c(c1)NC(=O)CO2. The Labute approximate surface area is 118 Å². The average molecular weight is 276 g/mol. The maximum atomic E-state index is 11.8. The van der Waals surface area contributed by atoms with Crippen molar-refractivity contribution < 1.29 is 14.3 Å². The normalized spacial score (nSPS) is 13.4. The molecule has 0 aliphatic carbocycles. The van der Waals surface area contributed by atoms with Crippen LogP contribution in [-0.2, 0) is 16.0 Å². The number of fused-ring (bicyclic) bond motifs is 1. The molecule has 5 nitrogen and oxygen atoms in total. The molecular weight excluding hydrogens is 256 g/mol. The van der Waals surface area contributed by atoms with Crippen molar-refractivity contribution in [1.82, 2.24) is 5.32 Å². The Kier molecular flexibility index (Phi) is 4.61. The third-order valence-corrected chi connectivity index (χ3v) is 3.09. The number of nitrogens with one attached hydrogen (secondary N) is 2. The molecule has 0 unspecified atom stereocenters. The molecule has 2 N–H and O–H groups in total. The first-order valence-electron chi connectivity index (χ1n) is 6.87. The molecule has 2 rings (SSSR count). The molecule has 1 aliphatic rings. The van der Waals surface area contributed by atoms with E-state index in [1.54, 1.807) is 12.1 Å². The number of ether oxygens (including phenoxy) is 1. The molecule has 20 heavy (non-hydrogen) atoms. The summed E-state index contributed by atoms with van der Waals surface area (Å²) in [4.78, 5) is 23.0. The Morgan fingerprint density at radius 1 is 1.45 bits per heavy atom. The highest BCUT2D eigenvalue weighted by molar-refractivity contribution is 5.95. The number of carbonyl (C=O) groups is 2. The molecule has 1 aromatic rings. The highest BCUT2D eigenvalue weighted by Gasteiger charge is 2.16. The number of hydrogen-bond acceptors (Lipinski definition) is 3. The molecule has 0 spiro atoms. The van der Waals surface area contributed by atoms with Crippen LogP contribution in [-0.4, -0.2) is 25.0 Å². The fourth-order valence-electron chi connectivity index (χ4n) is 1.99. The molecule has 0 aromatic heterocycles. The first kappa shape index (κ1) is 14.4. The molecule has 0 saturated carbocycles. The van der Waals surface area contributed by atoms with Gasteiger partial charge < -0.3 is 15.4 Å². The lowest BCUT2D eigenvalue weighted by Crippen LogP contribution is -2.27. The lowest BCUT2D eigenvalue weighted by molar-refractivity contribution is -0.120. The first-order valence-corrected chi connectivity index (χ1v) is 6.87. The van der Waals surface area contributed by atoms with E-state index in [-0.39, 0.29) is 18.4 Å². The van der Waals surface area contributed by atoms with Crippen LogP contribution < -0.4 is 15.4 Å². The molecule has 0 fully saturated rings. The second-order valence-corrected chi connectivity index (χ2v) is 5.38. The summed E-state index contributed by atoms with van der Waals surface area (Å²) >= 11 is 0. The molecule has 0 radical (unpaired) electrons. The van der Waals surface area contributed by atoms with Crippen LogP contribution in [0.3, 0.4) is 0 Å². The zero-order valence-corrected chi connectivity index (χ0v) is 11.9. The van der Waals surface area contributed by atoms with Crippen LogP contribution in [0.1, 0.15) is 25.8 Å². The van der Waals surface area contributed by atoms with Gasteiger partial charge >= 0.3 is 0 Å². The molecule has 0 atom stereocenters. The molecule has 108 valence electrons. The maximum Gasteiger partial charge on any atom is 0.262 e. The molecule has 0 bridgehead atoms. The summed E-state index contributed by atoms with van der Waals surface area (Å²) in [6.07, 6.45) is 1.28. The van der Waals surface area contributed by atoms with E-state index < -0.39 is 0 Å².